The van der Waals surface area contributed by atoms with Crippen LogP contribution in [0.5, 0.6) is 0 Å². The Kier molecular flexibility index (Phi) is 4.92. The van der Waals surface area contributed by atoms with Gasteiger partial charge < -0.3 is 0 Å². The second-order valence-electron chi connectivity index (χ2n) is 4.47. The Labute approximate surface area is 117 Å². The third-order valence-corrected chi connectivity index (χ3v) is 6.32. The van der Waals surface area contributed by atoms with E-state index in [4.69, 9.17) is 0 Å². The molecule has 0 spiro atoms. The maximum absolute atomic E-state index is 13.0. The molecule has 0 N–H and O–H groups in total. The first-order valence-electron chi connectivity index (χ1n) is 6.05. The molecule has 1 aliphatic carbocycles. The fraction of sp³-hybridized carbons (Fsp3) is 0.333. The molecule has 0 saturated heterocycles. The predicted octanol–water partition coefficient (Wildman–Crippen LogP) is 1.23. The van der Waals surface area contributed by atoms with Crippen molar-refractivity contribution in [2.45, 2.75) is 19.8 Å². The summed E-state index contributed by atoms with van der Waals surface area (Å²) in [6, 6.07) is 6.71. The zero-order chi connectivity index (χ0) is 13.0. The standard InChI is InChI=1S/C15H16F2I/c1-11-10-14(17)6-7-15(11)18-9-8-12-2-4-13(16)5-3-12/h2-7,11H,8-10H2,1H3/q-1. The van der Waals surface area contributed by atoms with E-state index in [-0.39, 0.29) is 32.8 Å². The van der Waals surface area contributed by atoms with Crippen LogP contribution in [0.15, 0.2) is 45.8 Å². The second-order valence-corrected chi connectivity index (χ2v) is 7.56. The fourth-order valence-electron chi connectivity index (χ4n) is 1.89. The molecule has 18 heavy (non-hydrogen) atoms. The summed E-state index contributed by atoms with van der Waals surface area (Å²) in [7, 11) is 0. The van der Waals surface area contributed by atoms with Crippen LogP contribution >= 0.6 is 0 Å². The van der Waals surface area contributed by atoms with Gasteiger partial charge in [-0.3, -0.25) is 0 Å². The van der Waals surface area contributed by atoms with Gasteiger partial charge in [-0.2, -0.15) is 0 Å². The summed E-state index contributed by atoms with van der Waals surface area (Å²) in [5.41, 5.74) is 1.18. The molecule has 0 bridgehead atoms. The van der Waals surface area contributed by atoms with E-state index in [0.717, 1.165) is 10.8 Å². The van der Waals surface area contributed by atoms with Crippen molar-refractivity contribution in [1.82, 2.24) is 0 Å². The van der Waals surface area contributed by atoms with Crippen molar-refractivity contribution in [3.05, 3.63) is 57.2 Å². The third-order valence-electron chi connectivity index (χ3n) is 2.94. The molecule has 98 valence electrons. The average Bonchev–Trinajstić information content (AvgIpc) is 2.34. The Morgan fingerprint density at radius 3 is 2.56 bits per heavy atom. The van der Waals surface area contributed by atoms with Crippen LogP contribution in [0.25, 0.3) is 0 Å². The number of allylic oxidation sites excluding steroid dienone is 4. The summed E-state index contributed by atoms with van der Waals surface area (Å²) in [6.45, 7) is 2.09. The normalized spacial score (nSPS) is 19.6. The van der Waals surface area contributed by atoms with Gasteiger partial charge in [-0.15, -0.1) is 0 Å². The minimum atomic E-state index is -0.183. The number of alkyl halides is 1. The molecule has 0 amide bonds. The minimum absolute atomic E-state index is 0.00575. The zero-order valence-corrected chi connectivity index (χ0v) is 12.5. The summed E-state index contributed by atoms with van der Waals surface area (Å²) < 4.78 is 28.3. The van der Waals surface area contributed by atoms with E-state index in [0.29, 0.717) is 12.3 Å². The topological polar surface area (TPSA) is 0 Å². The van der Waals surface area contributed by atoms with Crippen LogP contribution in [0.1, 0.15) is 18.9 Å². The molecule has 3 heteroatoms. The molecule has 1 aromatic rings. The van der Waals surface area contributed by atoms with E-state index >= 15 is 0 Å². The molecule has 0 aliphatic heterocycles. The second kappa shape index (κ2) is 6.45. The average molecular weight is 361 g/mol. The fourth-order valence-corrected chi connectivity index (χ4v) is 4.81. The van der Waals surface area contributed by atoms with Crippen LogP contribution in [0.3, 0.4) is 0 Å². The van der Waals surface area contributed by atoms with Gasteiger partial charge in [-0.1, -0.05) is 0 Å². The molecule has 0 fully saturated rings. The molecule has 0 heterocycles. The van der Waals surface area contributed by atoms with Gasteiger partial charge in [-0.05, 0) is 0 Å². The van der Waals surface area contributed by atoms with Gasteiger partial charge in [0, 0.05) is 0 Å². The summed E-state index contributed by atoms with van der Waals surface area (Å²) in [5.74, 6) is 0.169. The number of hydrogen-bond donors (Lipinski definition) is 0. The molecule has 1 aliphatic rings. The summed E-state index contributed by atoms with van der Waals surface area (Å²) in [4.78, 5) is 0. The Bertz CT molecular complexity index is 460. The van der Waals surface area contributed by atoms with Crippen molar-refractivity contribution >= 4 is 0 Å². The monoisotopic (exact) mass is 361 g/mol. The predicted molar refractivity (Wildman–Crippen MR) is 66.0 cm³/mol. The van der Waals surface area contributed by atoms with Crippen molar-refractivity contribution in [3.8, 4) is 0 Å². The number of aryl methyl sites for hydroxylation is 1. The summed E-state index contributed by atoms with van der Waals surface area (Å²) in [6.07, 6.45) is 5.11. The van der Waals surface area contributed by atoms with Crippen LogP contribution in [-0.2, 0) is 6.42 Å². The van der Waals surface area contributed by atoms with Crippen LogP contribution in [0.4, 0.5) is 8.78 Å². The van der Waals surface area contributed by atoms with E-state index in [1.165, 1.54) is 21.3 Å². The third kappa shape index (κ3) is 3.90. The van der Waals surface area contributed by atoms with Gasteiger partial charge >= 0.3 is 117 Å². The first-order chi connectivity index (χ1) is 8.65. The molecular weight excluding hydrogens is 345 g/mol. The van der Waals surface area contributed by atoms with E-state index < -0.39 is 0 Å². The van der Waals surface area contributed by atoms with E-state index in [1.54, 1.807) is 6.08 Å². The van der Waals surface area contributed by atoms with Crippen molar-refractivity contribution in [3.63, 3.8) is 0 Å². The molecule has 0 aromatic heterocycles. The Morgan fingerprint density at radius 2 is 1.89 bits per heavy atom. The molecule has 0 nitrogen and oxygen atoms in total. The molecule has 1 aromatic carbocycles. The SMILES string of the molecule is CC1CC(F)=CC=C1[I-]CCc1ccc(F)cc1. The van der Waals surface area contributed by atoms with Crippen LogP contribution in [0.2, 0.25) is 0 Å². The van der Waals surface area contributed by atoms with Crippen molar-refractivity contribution in [1.29, 1.82) is 0 Å². The summed E-state index contributed by atoms with van der Waals surface area (Å²) in [5, 5.41) is 0. The number of rotatable bonds is 4. The zero-order valence-electron chi connectivity index (χ0n) is 10.3. The molecule has 0 saturated carbocycles. The number of halogens is 3. The maximum atomic E-state index is 13.0. The van der Waals surface area contributed by atoms with Gasteiger partial charge in [0.15, 0.2) is 0 Å². The van der Waals surface area contributed by atoms with Gasteiger partial charge in [-0.25, -0.2) is 0 Å². The van der Waals surface area contributed by atoms with Crippen LogP contribution in [0, 0.1) is 11.7 Å². The number of hydrogen-bond acceptors (Lipinski definition) is 0. The summed E-state index contributed by atoms with van der Waals surface area (Å²) >= 11 is -0.0336. The van der Waals surface area contributed by atoms with Gasteiger partial charge in [0.25, 0.3) is 0 Å². The van der Waals surface area contributed by atoms with E-state index in [1.807, 2.05) is 18.2 Å². The quantitative estimate of drug-likeness (QED) is 0.559. The van der Waals surface area contributed by atoms with Gasteiger partial charge in [0.05, 0.1) is 0 Å². The van der Waals surface area contributed by atoms with E-state index in [9.17, 15) is 8.78 Å². The van der Waals surface area contributed by atoms with E-state index in [2.05, 4.69) is 6.92 Å². The van der Waals surface area contributed by atoms with Gasteiger partial charge in [0.2, 0.25) is 0 Å². The molecular formula is C15H16F2I-. The first-order valence-corrected chi connectivity index (χ1v) is 8.65. The molecule has 1 atom stereocenters. The Balaban J connectivity index is 1.84. The molecule has 2 rings (SSSR count). The van der Waals surface area contributed by atoms with Crippen LogP contribution in [-0.4, -0.2) is 4.43 Å². The van der Waals surface area contributed by atoms with Crippen molar-refractivity contribution in [2.75, 3.05) is 4.43 Å². The number of benzene rings is 1. The first kappa shape index (κ1) is 13.7. The van der Waals surface area contributed by atoms with Crippen LogP contribution < -0.4 is 21.2 Å². The van der Waals surface area contributed by atoms with Crippen molar-refractivity contribution < 1.29 is 30.0 Å². The molecule has 0 radical (unpaired) electrons. The molecule has 1 unspecified atom stereocenters. The van der Waals surface area contributed by atoms with Crippen molar-refractivity contribution in [2.24, 2.45) is 5.92 Å². The Hall–Kier alpha value is -0.710. The van der Waals surface area contributed by atoms with Gasteiger partial charge in [0.1, 0.15) is 0 Å². The Morgan fingerprint density at radius 1 is 1.17 bits per heavy atom.